The van der Waals surface area contributed by atoms with Crippen LogP contribution < -0.4 is 0 Å². The molecule has 9 atom stereocenters. The molecule has 2 heterocycles. The fraction of sp³-hybridized carbons (Fsp3) is 0.840. The zero-order valence-corrected chi connectivity index (χ0v) is 21.3. The van der Waals surface area contributed by atoms with Crippen molar-refractivity contribution in [2.45, 2.75) is 100 Å². The Hall–Kier alpha value is 0.397. The van der Waals surface area contributed by atoms with Crippen molar-refractivity contribution in [2.24, 2.45) is 29.6 Å². The summed E-state index contributed by atoms with van der Waals surface area (Å²) in [5.41, 5.74) is 2.09. The topological polar surface area (TPSA) is 0 Å². The van der Waals surface area contributed by atoms with Crippen LogP contribution in [0.5, 0.6) is 0 Å². The molecule has 3 saturated carbocycles. The van der Waals surface area contributed by atoms with Crippen LogP contribution in [-0.4, -0.2) is 18.6 Å². The molecular formula is C25H40S2Si. The van der Waals surface area contributed by atoms with E-state index in [1.807, 2.05) is 0 Å². The van der Waals surface area contributed by atoms with Crippen LogP contribution in [-0.2, 0) is 0 Å². The van der Waals surface area contributed by atoms with Crippen molar-refractivity contribution in [3.63, 3.8) is 0 Å². The molecule has 0 saturated heterocycles. The van der Waals surface area contributed by atoms with Gasteiger partial charge in [-0.1, -0.05) is 71.7 Å². The second kappa shape index (κ2) is 7.52. The average Bonchev–Trinajstić information content (AvgIpc) is 3.38. The van der Waals surface area contributed by atoms with Crippen molar-refractivity contribution < 1.29 is 0 Å². The normalized spacial score (nSPS) is 47.5. The van der Waals surface area contributed by atoms with Gasteiger partial charge >= 0.3 is 0 Å². The van der Waals surface area contributed by atoms with E-state index in [-0.39, 0.29) is 0 Å². The molecule has 0 bridgehead atoms. The molecule has 0 aromatic heterocycles. The Labute approximate surface area is 183 Å². The molecule has 0 amide bonds. The van der Waals surface area contributed by atoms with Crippen LogP contribution in [0.2, 0.25) is 24.2 Å². The summed E-state index contributed by atoms with van der Waals surface area (Å²) in [4.78, 5) is 3.42. The smallest absolute Gasteiger partial charge is 0.0566 e. The molecule has 7 unspecified atom stereocenters. The van der Waals surface area contributed by atoms with Gasteiger partial charge in [0, 0.05) is 10.5 Å². The molecule has 156 valence electrons. The highest BCUT2D eigenvalue weighted by atomic mass is 32.2. The van der Waals surface area contributed by atoms with Gasteiger partial charge in [-0.15, -0.1) is 23.5 Å². The summed E-state index contributed by atoms with van der Waals surface area (Å²) >= 11 is 4.65. The van der Waals surface area contributed by atoms with E-state index in [9.17, 15) is 0 Å². The Kier molecular flexibility index (Phi) is 5.45. The van der Waals surface area contributed by atoms with Gasteiger partial charge in [0.25, 0.3) is 0 Å². The first-order valence-electron chi connectivity index (χ1n) is 12.2. The summed E-state index contributed by atoms with van der Waals surface area (Å²) in [6, 6.07) is 0. The van der Waals surface area contributed by atoms with E-state index in [0.29, 0.717) is 0 Å². The molecule has 3 heteroatoms. The first kappa shape index (κ1) is 20.3. The third-order valence-corrected chi connectivity index (χ3v) is 18.2. The minimum atomic E-state index is -1.37. The molecule has 0 spiro atoms. The first-order valence-corrected chi connectivity index (χ1v) is 17.1. The number of allylic oxidation sites excluding steroid dienone is 4. The van der Waals surface area contributed by atoms with E-state index in [4.69, 9.17) is 0 Å². The lowest BCUT2D eigenvalue weighted by molar-refractivity contribution is 0.274. The van der Waals surface area contributed by atoms with Gasteiger partial charge < -0.3 is 0 Å². The maximum Gasteiger partial charge on any atom is 0.0566 e. The van der Waals surface area contributed by atoms with Crippen LogP contribution in [0.4, 0.5) is 0 Å². The van der Waals surface area contributed by atoms with Crippen LogP contribution in [0.1, 0.15) is 65.7 Å². The number of fused-ring (bicyclic) bond motifs is 4. The Morgan fingerprint density at radius 1 is 0.893 bits per heavy atom. The summed E-state index contributed by atoms with van der Waals surface area (Å²) in [6.45, 7) is 13.1. The maximum atomic E-state index is 2.85. The van der Waals surface area contributed by atoms with Crippen molar-refractivity contribution >= 4 is 31.6 Å². The molecule has 0 radical (unpaired) electrons. The Bertz CT molecular complexity index is 646. The van der Waals surface area contributed by atoms with E-state index in [2.05, 4.69) is 69.5 Å². The summed E-state index contributed by atoms with van der Waals surface area (Å²) in [5.74, 6) is 4.84. The lowest BCUT2D eigenvalue weighted by Gasteiger charge is -2.46. The van der Waals surface area contributed by atoms with Gasteiger partial charge in [-0.25, -0.2) is 0 Å². The highest BCUT2D eigenvalue weighted by Crippen LogP contribution is 2.69. The standard InChI is InChI=1S/C25H40S2Si/c1-6-17-13-20-21-14-18(7-2)27-23(21)25(22(20)26-17)28(4,5)24-15(3)12-16-10-8-9-11-19(16)24/h13-16,19-25H,6-12H2,1-5H3/t15?,16?,19?,20-,21+,22?,23?,24?,25?. The molecule has 2 aliphatic heterocycles. The van der Waals surface area contributed by atoms with Gasteiger partial charge in [0.05, 0.1) is 8.07 Å². The molecule has 28 heavy (non-hydrogen) atoms. The van der Waals surface area contributed by atoms with Crippen molar-refractivity contribution in [1.29, 1.82) is 0 Å². The third kappa shape index (κ3) is 3.00. The van der Waals surface area contributed by atoms with Crippen LogP contribution in [0, 0.1) is 29.6 Å². The van der Waals surface area contributed by atoms with Crippen molar-refractivity contribution in [2.75, 3.05) is 0 Å². The summed E-state index contributed by atoms with van der Waals surface area (Å²) in [7, 11) is -1.37. The van der Waals surface area contributed by atoms with Crippen LogP contribution in [0.3, 0.4) is 0 Å². The fourth-order valence-electron chi connectivity index (χ4n) is 8.48. The number of hydrogen-bond donors (Lipinski definition) is 0. The van der Waals surface area contributed by atoms with Gasteiger partial charge in [0.15, 0.2) is 0 Å². The van der Waals surface area contributed by atoms with Crippen molar-refractivity contribution in [3.05, 3.63) is 22.0 Å². The quantitative estimate of drug-likeness (QED) is 0.409. The molecule has 3 fully saturated rings. The van der Waals surface area contributed by atoms with Gasteiger partial charge in [-0.2, -0.15) is 0 Å². The fourth-order valence-corrected chi connectivity index (χ4v) is 19.8. The SMILES string of the molecule is CCC1=C[C@@H]2C(S1)C([Si](C)(C)C1C(C)CC3CCCCC31)C1SC(CC)=C[C@@H]12. The highest BCUT2D eigenvalue weighted by Gasteiger charge is 2.62. The molecule has 0 aromatic carbocycles. The lowest BCUT2D eigenvalue weighted by atomic mass is 9.82. The average molecular weight is 433 g/mol. The van der Waals surface area contributed by atoms with E-state index in [0.717, 1.165) is 51.2 Å². The zero-order valence-electron chi connectivity index (χ0n) is 18.6. The lowest BCUT2D eigenvalue weighted by Crippen LogP contribution is -2.47. The van der Waals surface area contributed by atoms with Crippen LogP contribution in [0.15, 0.2) is 22.0 Å². The summed E-state index contributed by atoms with van der Waals surface area (Å²) in [5, 5.41) is 1.81. The van der Waals surface area contributed by atoms with Crippen LogP contribution >= 0.6 is 23.5 Å². The van der Waals surface area contributed by atoms with Gasteiger partial charge in [0.2, 0.25) is 0 Å². The molecule has 0 N–H and O–H groups in total. The summed E-state index contributed by atoms with van der Waals surface area (Å²) < 4.78 is 0. The van der Waals surface area contributed by atoms with Gasteiger partial charge in [-0.05, 0) is 69.7 Å². The minimum absolute atomic E-state index is 0.845. The van der Waals surface area contributed by atoms with Crippen LogP contribution in [0.25, 0.3) is 0 Å². The van der Waals surface area contributed by atoms with Crippen molar-refractivity contribution in [3.8, 4) is 0 Å². The third-order valence-electron chi connectivity index (χ3n) is 9.37. The Balaban J connectivity index is 1.49. The second-order valence-electron chi connectivity index (χ2n) is 11.1. The predicted octanol–water partition coefficient (Wildman–Crippen LogP) is 8.35. The number of rotatable bonds is 4. The van der Waals surface area contributed by atoms with E-state index in [1.54, 1.807) is 29.1 Å². The molecule has 3 aliphatic carbocycles. The summed E-state index contributed by atoms with van der Waals surface area (Å²) in [6.07, 6.45) is 15.7. The minimum Gasteiger partial charge on any atom is -0.127 e. The molecule has 5 rings (SSSR count). The zero-order chi connectivity index (χ0) is 19.6. The first-order chi connectivity index (χ1) is 13.5. The Morgan fingerprint density at radius 2 is 1.46 bits per heavy atom. The monoisotopic (exact) mass is 432 g/mol. The number of hydrogen-bond acceptors (Lipinski definition) is 2. The Morgan fingerprint density at radius 3 is 2.04 bits per heavy atom. The van der Waals surface area contributed by atoms with Crippen molar-refractivity contribution in [1.82, 2.24) is 0 Å². The highest BCUT2D eigenvalue weighted by molar-refractivity contribution is 8.05. The van der Waals surface area contributed by atoms with Gasteiger partial charge in [0.1, 0.15) is 0 Å². The molecule has 0 aromatic rings. The largest absolute Gasteiger partial charge is 0.127 e. The van der Waals surface area contributed by atoms with E-state index >= 15 is 0 Å². The van der Waals surface area contributed by atoms with E-state index < -0.39 is 8.07 Å². The molecular weight excluding hydrogens is 392 g/mol. The van der Waals surface area contributed by atoms with Gasteiger partial charge in [-0.3, -0.25) is 0 Å². The maximum absolute atomic E-state index is 2.85. The molecule has 0 nitrogen and oxygen atoms in total. The second-order valence-corrected chi connectivity index (χ2v) is 18.7. The number of thioether (sulfide) groups is 2. The predicted molar refractivity (Wildman–Crippen MR) is 131 cm³/mol. The molecule has 5 aliphatic rings. The van der Waals surface area contributed by atoms with E-state index in [1.165, 1.54) is 25.7 Å².